The summed E-state index contributed by atoms with van der Waals surface area (Å²) in [6, 6.07) is 7.41. The first-order chi connectivity index (χ1) is 13.7. The number of nitrogens with one attached hydrogen (secondary N) is 1. The number of amides is 1. The Morgan fingerprint density at radius 1 is 1.17 bits per heavy atom. The Morgan fingerprint density at radius 3 is 2.62 bits per heavy atom. The molecule has 1 N–H and O–H groups in total. The summed E-state index contributed by atoms with van der Waals surface area (Å²) in [6.07, 6.45) is 0.944. The van der Waals surface area contributed by atoms with E-state index in [1.807, 2.05) is 0 Å². The first-order valence-corrected chi connectivity index (χ1v) is 11.2. The molecule has 0 aromatic heterocycles. The van der Waals surface area contributed by atoms with Crippen LogP contribution in [-0.4, -0.2) is 31.7 Å². The van der Waals surface area contributed by atoms with Crippen LogP contribution in [0.4, 0.5) is 14.5 Å². The molecule has 29 heavy (non-hydrogen) atoms. The van der Waals surface area contributed by atoms with Crippen LogP contribution in [0.2, 0.25) is 10.0 Å². The Balaban J connectivity index is 1.69. The number of carbonyl (C=O) groups excluding carboxylic acids is 1. The molecule has 1 fully saturated rings. The van der Waals surface area contributed by atoms with E-state index in [4.69, 9.17) is 23.2 Å². The number of carbonyl (C=O) groups is 1. The Labute approximate surface area is 177 Å². The predicted octanol–water partition coefficient (Wildman–Crippen LogP) is 4.45. The van der Waals surface area contributed by atoms with Gasteiger partial charge in [-0.25, -0.2) is 21.5 Å². The quantitative estimate of drug-likeness (QED) is 0.713. The molecule has 0 bridgehead atoms. The van der Waals surface area contributed by atoms with Gasteiger partial charge in [0.25, 0.3) is 0 Å². The van der Waals surface area contributed by atoms with Gasteiger partial charge in [0.05, 0.1) is 17.4 Å². The zero-order chi connectivity index (χ0) is 21.2. The molecule has 156 valence electrons. The highest BCUT2D eigenvalue weighted by molar-refractivity contribution is 7.88. The molecule has 3 rings (SSSR count). The third-order valence-corrected chi connectivity index (χ3v) is 7.07. The lowest BCUT2D eigenvalue weighted by molar-refractivity contribution is -0.120. The number of hydrogen-bond donors (Lipinski definition) is 1. The third-order valence-electron chi connectivity index (χ3n) is 4.69. The summed E-state index contributed by atoms with van der Waals surface area (Å²) in [5, 5.41) is 3.06. The first-order valence-electron chi connectivity index (χ1n) is 8.83. The number of rotatable bonds is 5. The maximum absolute atomic E-state index is 13.8. The number of hydrogen-bond acceptors (Lipinski definition) is 3. The van der Waals surface area contributed by atoms with Gasteiger partial charge in [-0.2, -0.15) is 0 Å². The van der Waals surface area contributed by atoms with Gasteiger partial charge in [-0.05, 0) is 42.7 Å². The molecule has 1 saturated heterocycles. The van der Waals surface area contributed by atoms with Crippen LogP contribution < -0.4 is 5.32 Å². The topological polar surface area (TPSA) is 66.5 Å². The summed E-state index contributed by atoms with van der Waals surface area (Å²) < 4.78 is 53.6. The minimum Gasteiger partial charge on any atom is -0.323 e. The van der Waals surface area contributed by atoms with Crippen LogP contribution in [0, 0.1) is 17.6 Å². The minimum atomic E-state index is -3.72. The molecule has 0 saturated carbocycles. The predicted molar refractivity (Wildman–Crippen MR) is 108 cm³/mol. The minimum absolute atomic E-state index is 0.0256. The van der Waals surface area contributed by atoms with Crippen molar-refractivity contribution < 1.29 is 22.0 Å². The van der Waals surface area contributed by atoms with Crippen LogP contribution in [-0.2, 0) is 20.6 Å². The molecule has 2 aromatic carbocycles. The molecule has 1 heterocycles. The molecule has 1 aliphatic heterocycles. The fourth-order valence-corrected chi connectivity index (χ4v) is 5.36. The Kier molecular flexibility index (Phi) is 6.78. The average Bonchev–Trinajstić information content (AvgIpc) is 2.66. The molecule has 0 radical (unpaired) electrons. The van der Waals surface area contributed by atoms with Crippen molar-refractivity contribution in [2.45, 2.75) is 18.6 Å². The highest BCUT2D eigenvalue weighted by atomic mass is 35.5. The largest absolute Gasteiger partial charge is 0.323 e. The lowest BCUT2D eigenvalue weighted by Gasteiger charge is -2.31. The number of nitrogens with zero attached hydrogens (tertiary/aromatic N) is 1. The van der Waals surface area contributed by atoms with Gasteiger partial charge in [0.15, 0.2) is 0 Å². The zero-order valence-electron chi connectivity index (χ0n) is 15.2. The van der Waals surface area contributed by atoms with E-state index in [-0.39, 0.29) is 29.6 Å². The van der Waals surface area contributed by atoms with E-state index in [1.54, 1.807) is 12.1 Å². The normalized spacial score (nSPS) is 17.9. The van der Waals surface area contributed by atoms with Crippen LogP contribution in [0.1, 0.15) is 18.4 Å². The number of benzene rings is 2. The number of piperidine rings is 1. The number of anilines is 1. The standard InChI is InChI=1S/C19H18Cl2F2N2O3S/c20-14-4-3-13(16(21)8-14)11-29(27,28)25-7-1-2-12(10-25)19(26)24-18-6-5-15(22)9-17(18)23/h3-6,8-9,12H,1-2,7,10-11H2,(H,24,26). The van der Waals surface area contributed by atoms with E-state index in [0.29, 0.717) is 29.5 Å². The summed E-state index contributed by atoms with van der Waals surface area (Å²) in [4.78, 5) is 12.5. The molecule has 5 nitrogen and oxygen atoms in total. The van der Waals surface area contributed by atoms with Gasteiger partial charge in [-0.1, -0.05) is 29.3 Å². The molecular formula is C19H18Cl2F2N2O3S. The monoisotopic (exact) mass is 462 g/mol. The lowest BCUT2D eigenvalue weighted by Crippen LogP contribution is -2.44. The molecule has 1 unspecified atom stereocenters. The van der Waals surface area contributed by atoms with Gasteiger partial charge >= 0.3 is 0 Å². The van der Waals surface area contributed by atoms with Crippen LogP contribution in [0.15, 0.2) is 36.4 Å². The third kappa shape index (κ3) is 5.45. The van der Waals surface area contributed by atoms with Crippen LogP contribution in [0.25, 0.3) is 0 Å². The van der Waals surface area contributed by atoms with E-state index in [0.717, 1.165) is 12.1 Å². The van der Waals surface area contributed by atoms with Gasteiger partial charge in [-0.15, -0.1) is 0 Å². The number of halogens is 4. The Bertz CT molecular complexity index is 1030. The molecule has 0 spiro atoms. The van der Waals surface area contributed by atoms with E-state index in [9.17, 15) is 22.0 Å². The van der Waals surface area contributed by atoms with Gasteiger partial charge in [0.2, 0.25) is 15.9 Å². The average molecular weight is 463 g/mol. The van der Waals surface area contributed by atoms with Crippen molar-refractivity contribution in [2.24, 2.45) is 5.92 Å². The fourth-order valence-electron chi connectivity index (χ4n) is 3.16. The second-order valence-corrected chi connectivity index (χ2v) is 9.62. The smallest absolute Gasteiger partial charge is 0.228 e. The van der Waals surface area contributed by atoms with Crippen LogP contribution in [0.5, 0.6) is 0 Å². The lowest BCUT2D eigenvalue weighted by atomic mass is 9.98. The van der Waals surface area contributed by atoms with E-state index >= 15 is 0 Å². The molecule has 1 atom stereocenters. The molecule has 0 aliphatic carbocycles. The maximum Gasteiger partial charge on any atom is 0.228 e. The highest BCUT2D eigenvalue weighted by Gasteiger charge is 2.33. The van der Waals surface area contributed by atoms with E-state index < -0.39 is 33.5 Å². The van der Waals surface area contributed by atoms with Gasteiger partial charge in [0, 0.05) is 29.2 Å². The Morgan fingerprint density at radius 2 is 1.93 bits per heavy atom. The maximum atomic E-state index is 13.8. The van der Waals surface area contributed by atoms with Crippen molar-refractivity contribution >= 4 is 44.8 Å². The summed E-state index contributed by atoms with van der Waals surface area (Å²) in [5.74, 6) is -3.12. The van der Waals surface area contributed by atoms with Crippen LogP contribution >= 0.6 is 23.2 Å². The van der Waals surface area contributed by atoms with Gasteiger partial charge in [0.1, 0.15) is 11.6 Å². The van der Waals surface area contributed by atoms with Crippen molar-refractivity contribution in [3.05, 3.63) is 63.6 Å². The highest BCUT2D eigenvalue weighted by Crippen LogP contribution is 2.27. The van der Waals surface area contributed by atoms with Crippen LogP contribution in [0.3, 0.4) is 0 Å². The second-order valence-electron chi connectivity index (χ2n) is 6.80. The van der Waals surface area contributed by atoms with Crippen molar-refractivity contribution in [1.29, 1.82) is 0 Å². The van der Waals surface area contributed by atoms with Crippen molar-refractivity contribution in [2.75, 3.05) is 18.4 Å². The summed E-state index contributed by atoms with van der Waals surface area (Å²) in [5.41, 5.74) is 0.264. The Hall–Kier alpha value is -1.74. The van der Waals surface area contributed by atoms with E-state index in [2.05, 4.69) is 5.32 Å². The number of sulfonamides is 1. The molecule has 1 aliphatic rings. The van der Waals surface area contributed by atoms with Crippen molar-refractivity contribution in [3.63, 3.8) is 0 Å². The van der Waals surface area contributed by atoms with Crippen molar-refractivity contribution in [3.8, 4) is 0 Å². The molecule has 2 aromatic rings. The first kappa shape index (κ1) is 22.0. The van der Waals surface area contributed by atoms with E-state index in [1.165, 1.54) is 10.4 Å². The molecule has 10 heteroatoms. The second kappa shape index (κ2) is 8.95. The zero-order valence-corrected chi connectivity index (χ0v) is 17.5. The summed E-state index contributed by atoms with van der Waals surface area (Å²) >= 11 is 11.9. The summed E-state index contributed by atoms with van der Waals surface area (Å²) in [7, 11) is -3.72. The summed E-state index contributed by atoms with van der Waals surface area (Å²) in [6.45, 7) is 0.254. The van der Waals surface area contributed by atoms with Crippen molar-refractivity contribution in [1.82, 2.24) is 4.31 Å². The SMILES string of the molecule is O=C(Nc1ccc(F)cc1F)C1CCCN(S(=O)(=O)Cc2ccc(Cl)cc2Cl)C1. The van der Waals surface area contributed by atoms with Gasteiger partial charge < -0.3 is 5.32 Å². The fraction of sp³-hybridized carbons (Fsp3) is 0.316. The molecule has 1 amide bonds. The van der Waals surface area contributed by atoms with Gasteiger partial charge in [-0.3, -0.25) is 4.79 Å². The molecular weight excluding hydrogens is 445 g/mol.